The van der Waals surface area contributed by atoms with Crippen molar-refractivity contribution in [3.63, 3.8) is 0 Å². The van der Waals surface area contributed by atoms with Crippen LogP contribution in [0.25, 0.3) is 66.8 Å². The van der Waals surface area contributed by atoms with Crippen LogP contribution in [0.1, 0.15) is 0 Å². The Morgan fingerprint density at radius 1 is 0.182 bits per heavy atom. The average molecular weight is 702 g/mol. The third-order valence-electron chi connectivity index (χ3n) is 10.3. The first-order valence-corrected chi connectivity index (χ1v) is 18.8. The SMILES string of the molecule is c1ccc(-c2ccc(-c3ccc(N(c4ccc(-c5ccccc5-c5cccc(-c6ccccc6)c5)cc4)c4cccc(-c5ccccc5)c4)cc3)cc2)cc1. The van der Waals surface area contributed by atoms with Crippen LogP contribution in [0.4, 0.5) is 17.1 Å². The fraction of sp³-hybridized carbons (Fsp3) is 0. The summed E-state index contributed by atoms with van der Waals surface area (Å²) in [6.07, 6.45) is 0. The van der Waals surface area contributed by atoms with Crippen molar-refractivity contribution in [1.82, 2.24) is 0 Å². The maximum atomic E-state index is 2.35. The van der Waals surface area contributed by atoms with E-state index in [1.165, 1.54) is 66.8 Å². The number of anilines is 3. The van der Waals surface area contributed by atoms with E-state index in [2.05, 4.69) is 241 Å². The predicted octanol–water partition coefficient (Wildman–Crippen LogP) is 15.2. The second-order valence-electron chi connectivity index (χ2n) is 13.8. The van der Waals surface area contributed by atoms with Gasteiger partial charge in [-0.15, -0.1) is 0 Å². The normalized spacial score (nSPS) is 10.9. The summed E-state index contributed by atoms with van der Waals surface area (Å²) in [5.41, 5.74) is 17.7. The van der Waals surface area contributed by atoms with Crippen molar-refractivity contribution in [2.75, 3.05) is 4.90 Å². The Morgan fingerprint density at radius 2 is 0.509 bits per heavy atom. The van der Waals surface area contributed by atoms with E-state index < -0.39 is 0 Å². The zero-order chi connectivity index (χ0) is 36.8. The standard InChI is InChI=1S/C54H39N/c1-4-14-40(15-5-1)43-26-28-44(29-27-43)45-30-34-50(35-31-45)55(52-23-13-21-48(39-52)42-18-8-3-9-19-42)51-36-32-46(33-37-51)53-24-10-11-25-54(53)49-22-12-20-47(38-49)41-16-6-2-7-17-41/h1-39H. The van der Waals surface area contributed by atoms with E-state index >= 15 is 0 Å². The van der Waals surface area contributed by atoms with Gasteiger partial charge in [0.2, 0.25) is 0 Å². The number of benzene rings is 9. The zero-order valence-electron chi connectivity index (χ0n) is 30.5. The molecule has 0 aliphatic rings. The first kappa shape index (κ1) is 33.6. The Balaban J connectivity index is 1.07. The van der Waals surface area contributed by atoms with Crippen LogP contribution in [0.2, 0.25) is 0 Å². The summed E-state index contributed by atoms with van der Waals surface area (Å²) >= 11 is 0. The molecule has 0 fully saturated rings. The third kappa shape index (κ3) is 7.25. The summed E-state index contributed by atoms with van der Waals surface area (Å²) in [5.74, 6) is 0. The second-order valence-corrected chi connectivity index (χ2v) is 13.8. The molecule has 0 bridgehead atoms. The molecule has 0 aliphatic carbocycles. The highest BCUT2D eigenvalue weighted by Crippen LogP contribution is 2.40. The van der Waals surface area contributed by atoms with Gasteiger partial charge in [0.1, 0.15) is 0 Å². The van der Waals surface area contributed by atoms with Crippen molar-refractivity contribution in [3.05, 3.63) is 237 Å². The molecule has 0 saturated heterocycles. The molecule has 0 radical (unpaired) electrons. The lowest BCUT2D eigenvalue weighted by molar-refractivity contribution is 1.28. The number of rotatable bonds is 9. The molecule has 1 nitrogen and oxygen atoms in total. The smallest absolute Gasteiger partial charge is 0.0467 e. The molecule has 0 unspecified atom stereocenters. The minimum atomic E-state index is 1.09. The van der Waals surface area contributed by atoms with E-state index in [-0.39, 0.29) is 0 Å². The first-order chi connectivity index (χ1) is 27.3. The largest absolute Gasteiger partial charge is 0.310 e. The fourth-order valence-electron chi connectivity index (χ4n) is 7.46. The van der Waals surface area contributed by atoms with Gasteiger partial charge in [-0.3, -0.25) is 0 Å². The predicted molar refractivity (Wildman–Crippen MR) is 234 cm³/mol. The summed E-state index contributed by atoms with van der Waals surface area (Å²) in [4.78, 5) is 2.35. The van der Waals surface area contributed by atoms with Gasteiger partial charge in [-0.2, -0.15) is 0 Å². The summed E-state index contributed by atoms with van der Waals surface area (Å²) in [6.45, 7) is 0. The van der Waals surface area contributed by atoms with Gasteiger partial charge < -0.3 is 4.90 Å². The van der Waals surface area contributed by atoms with Gasteiger partial charge in [-0.05, 0) is 109 Å². The van der Waals surface area contributed by atoms with Gasteiger partial charge in [-0.25, -0.2) is 0 Å². The molecule has 55 heavy (non-hydrogen) atoms. The number of hydrogen-bond acceptors (Lipinski definition) is 1. The van der Waals surface area contributed by atoms with Crippen LogP contribution in [0.5, 0.6) is 0 Å². The molecular weight excluding hydrogens is 663 g/mol. The first-order valence-electron chi connectivity index (χ1n) is 18.8. The summed E-state index contributed by atoms with van der Waals surface area (Å²) in [7, 11) is 0. The van der Waals surface area contributed by atoms with Gasteiger partial charge in [0.15, 0.2) is 0 Å². The monoisotopic (exact) mass is 701 g/mol. The Kier molecular flexibility index (Phi) is 9.41. The van der Waals surface area contributed by atoms with Crippen LogP contribution in [0.3, 0.4) is 0 Å². The molecule has 1 heteroatoms. The number of nitrogens with zero attached hydrogens (tertiary/aromatic N) is 1. The highest BCUT2D eigenvalue weighted by atomic mass is 15.1. The molecule has 0 N–H and O–H groups in total. The maximum Gasteiger partial charge on any atom is 0.0467 e. The highest BCUT2D eigenvalue weighted by Gasteiger charge is 2.16. The lowest BCUT2D eigenvalue weighted by Gasteiger charge is -2.26. The van der Waals surface area contributed by atoms with Gasteiger partial charge >= 0.3 is 0 Å². The highest BCUT2D eigenvalue weighted by molar-refractivity contribution is 5.87. The topological polar surface area (TPSA) is 3.24 Å². The van der Waals surface area contributed by atoms with Crippen LogP contribution in [0.15, 0.2) is 237 Å². The Labute approximate surface area is 324 Å². The number of hydrogen-bond donors (Lipinski definition) is 0. The van der Waals surface area contributed by atoms with Crippen molar-refractivity contribution >= 4 is 17.1 Å². The van der Waals surface area contributed by atoms with E-state index in [1.54, 1.807) is 0 Å². The molecule has 260 valence electrons. The van der Waals surface area contributed by atoms with Gasteiger partial charge in [0.05, 0.1) is 0 Å². The minimum Gasteiger partial charge on any atom is -0.310 e. The van der Waals surface area contributed by atoms with Crippen LogP contribution >= 0.6 is 0 Å². The molecule has 9 rings (SSSR count). The summed E-state index contributed by atoms with van der Waals surface area (Å²) in [6, 6.07) is 84.9. The Morgan fingerprint density at radius 3 is 1.02 bits per heavy atom. The average Bonchev–Trinajstić information content (AvgIpc) is 3.28. The van der Waals surface area contributed by atoms with E-state index in [0.29, 0.717) is 0 Å². The van der Waals surface area contributed by atoms with Crippen LogP contribution < -0.4 is 4.90 Å². The van der Waals surface area contributed by atoms with Crippen molar-refractivity contribution in [2.45, 2.75) is 0 Å². The van der Waals surface area contributed by atoms with E-state index in [1.807, 2.05) is 0 Å². The minimum absolute atomic E-state index is 1.09. The van der Waals surface area contributed by atoms with Crippen molar-refractivity contribution in [1.29, 1.82) is 0 Å². The molecule has 0 saturated carbocycles. The van der Waals surface area contributed by atoms with Crippen molar-refractivity contribution < 1.29 is 0 Å². The van der Waals surface area contributed by atoms with Crippen molar-refractivity contribution in [3.8, 4) is 66.8 Å². The molecular formula is C54H39N. The Hall–Kier alpha value is -7.22. The second kappa shape index (κ2) is 15.4. The van der Waals surface area contributed by atoms with Crippen LogP contribution in [-0.2, 0) is 0 Å². The molecule has 9 aromatic carbocycles. The quantitative estimate of drug-likeness (QED) is 0.145. The van der Waals surface area contributed by atoms with E-state index in [9.17, 15) is 0 Å². The van der Waals surface area contributed by atoms with Gasteiger partial charge in [0, 0.05) is 17.1 Å². The summed E-state index contributed by atoms with van der Waals surface area (Å²) < 4.78 is 0. The molecule has 9 aromatic rings. The zero-order valence-corrected chi connectivity index (χ0v) is 30.5. The molecule has 0 aromatic heterocycles. The van der Waals surface area contributed by atoms with Gasteiger partial charge in [-0.1, -0.05) is 194 Å². The fourth-order valence-corrected chi connectivity index (χ4v) is 7.46. The van der Waals surface area contributed by atoms with Gasteiger partial charge in [0.25, 0.3) is 0 Å². The lowest BCUT2D eigenvalue weighted by atomic mass is 9.92. The Bertz CT molecular complexity index is 2640. The van der Waals surface area contributed by atoms with E-state index in [0.717, 1.165) is 17.1 Å². The summed E-state index contributed by atoms with van der Waals surface area (Å²) in [5, 5.41) is 0. The lowest BCUT2D eigenvalue weighted by Crippen LogP contribution is -2.10. The molecule has 0 aliphatic heterocycles. The van der Waals surface area contributed by atoms with Crippen LogP contribution in [0, 0.1) is 0 Å². The maximum absolute atomic E-state index is 2.35. The van der Waals surface area contributed by atoms with Crippen LogP contribution in [-0.4, -0.2) is 0 Å². The van der Waals surface area contributed by atoms with Crippen molar-refractivity contribution in [2.24, 2.45) is 0 Å². The molecule has 0 amide bonds. The molecule has 0 heterocycles. The van der Waals surface area contributed by atoms with E-state index in [4.69, 9.17) is 0 Å². The molecule has 0 spiro atoms. The third-order valence-corrected chi connectivity index (χ3v) is 10.3. The molecule has 0 atom stereocenters.